The van der Waals surface area contributed by atoms with Gasteiger partial charge < -0.3 is 21.9 Å². The van der Waals surface area contributed by atoms with Crippen molar-refractivity contribution in [2.75, 3.05) is 6.54 Å². The number of rotatable bonds is 8. The van der Waals surface area contributed by atoms with Gasteiger partial charge in [0.25, 0.3) is 0 Å². The molecule has 6 N–H and O–H groups in total. The summed E-state index contributed by atoms with van der Waals surface area (Å²) >= 11 is 0. The highest BCUT2D eigenvalue weighted by Gasteiger charge is 2.25. The van der Waals surface area contributed by atoms with Crippen LogP contribution in [0.1, 0.15) is 33.1 Å². The van der Waals surface area contributed by atoms with Crippen LogP contribution < -0.4 is 16.8 Å². The summed E-state index contributed by atoms with van der Waals surface area (Å²) in [6, 6.07) is -1.55. The summed E-state index contributed by atoms with van der Waals surface area (Å²) in [6.45, 7) is 4.04. The zero-order valence-corrected chi connectivity index (χ0v) is 10.5. The van der Waals surface area contributed by atoms with Gasteiger partial charge in [0.15, 0.2) is 0 Å². The zero-order chi connectivity index (χ0) is 13.4. The lowest BCUT2D eigenvalue weighted by Gasteiger charge is -2.20. The lowest BCUT2D eigenvalue weighted by Crippen LogP contribution is -2.50. The molecule has 0 spiro atoms. The quantitative estimate of drug-likeness (QED) is 0.437. The van der Waals surface area contributed by atoms with Crippen LogP contribution in [-0.2, 0) is 9.59 Å². The number of hydrogen-bond acceptors (Lipinski definition) is 4. The van der Waals surface area contributed by atoms with Crippen LogP contribution in [-0.4, -0.2) is 35.6 Å². The fourth-order valence-corrected chi connectivity index (χ4v) is 1.41. The summed E-state index contributed by atoms with van der Waals surface area (Å²) in [5.41, 5.74) is 11.0. The van der Waals surface area contributed by atoms with E-state index >= 15 is 0 Å². The number of unbranched alkanes of at least 4 members (excludes halogenated alkanes) is 1. The van der Waals surface area contributed by atoms with Crippen LogP contribution in [0, 0.1) is 5.92 Å². The fraction of sp³-hybridized carbons (Fsp3) is 0.818. The molecule has 0 fully saturated rings. The van der Waals surface area contributed by atoms with Gasteiger partial charge >= 0.3 is 5.97 Å². The van der Waals surface area contributed by atoms with Crippen molar-refractivity contribution in [1.82, 2.24) is 5.32 Å². The summed E-state index contributed by atoms with van der Waals surface area (Å²) in [5.74, 6) is -1.63. The molecular formula is C11H23N3O3. The number of carboxylic acids is 1. The third-order valence-electron chi connectivity index (χ3n) is 2.54. The molecule has 6 nitrogen and oxygen atoms in total. The molecule has 0 aromatic carbocycles. The molecule has 0 saturated heterocycles. The average molecular weight is 245 g/mol. The number of carboxylic acid groups (broad SMARTS) is 1. The van der Waals surface area contributed by atoms with Crippen LogP contribution in [0.25, 0.3) is 0 Å². The lowest BCUT2D eigenvalue weighted by atomic mass is 10.0. The smallest absolute Gasteiger partial charge is 0.326 e. The molecule has 1 amide bonds. The maximum absolute atomic E-state index is 11.6. The molecular weight excluding hydrogens is 222 g/mol. The highest BCUT2D eigenvalue weighted by atomic mass is 16.4. The summed E-state index contributed by atoms with van der Waals surface area (Å²) in [7, 11) is 0. The van der Waals surface area contributed by atoms with Gasteiger partial charge in [-0.3, -0.25) is 4.79 Å². The zero-order valence-electron chi connectivity index (χ0n) is 10.5. The molecule has 0 radical (unpaired) electrons. The first-order chi connectivity index (χ1) is 7.90. The van der Waals surface area contributed by atoms with Crippen molar-refractivity contribution in [1.29, 1.82) is 0 Å². The summed E-state index contributed by atoms with van der Waals surface area (Å²) in [6.07, 6.45) is 2.10. The van der Waals surface area contributed by atoms with Gasteiger partial charge in [-0.05, 0) is 25.3 Å². The first-order valence-corrected chi connectivity index (χ1v) is 5.89. The van der Waals surface area contributed by atoms with E-state index in [1.807, 2.05) is 0 Å². The van der Waals surface area contributed by atoms with E-state index in [4.69, 9.17) is 16.6 Å². The van der Waals surface area contributed by atoms with Gasteiger partial charge in [0.2, 0.25) is 5.91 Å². The summed E-state index contributed by atoms with van der Waals surface area (Å²) in [5, 5.41) is 11.4. The molecule has 0 saturated carbocycles. The summed E-state index contributed by atoms with van der Waals surface area (Å²) < 4.78 is 0. The Morgan fingerprint density at radius 2 is 1.88 bits per heavy atom. The number of carbonyl (C=O) groups excluding carboxylic acids is 1. The third-order valence-corrected chi connectivity index (χ3v) is 2.54. The molecule has 0 aliphatic carbocycles. The second kappa shape index (κ2) is 8.03. The monoisotopic (exact) mass is 245 g/mol. The standard InChI is InChI=1S/C11H23N3O3/c1-7(2)9(11(16)17)14-10(15)8(13)5-3-4-6-12/h7-9H,3-6,12-13H2,1-2H3,(H,14,15)(H,16,17)/t8-,9+/m0/s1. The molecule has 0 aliphatic rings. The minimum Gasteiger partial charge on any atom is -0.480 e. The Morgan fingerprint density at radius 1 is 1.29 bits per heavy atom. The van der Waals surface area contributed by atoms with Crippen LogP contribution >= 0.6 is 0 Å². The number of carbonyl (C=O) groups is 2. The maximum Gasteiger partial charge on any atom is 0.326 e. The van der Waals surface area contributed by atoms with Crippen molar-refractivity contribution in [2.24, 2.45) is 17.4 Å². The number of nitrogens with one attached hydrogen (secondary N) is 1. The van der Waals surface area contributed by atoms with E-state index in [0.29, 0.717) is 13.0 Å². The number of nitrogens with two attached hydrogens (primary N) is 2. The molecule has 0 heterocycles. The molecule has 0 aliphatic heterocycles. The van der Waals surface area contributed by atoms with Crippen molar-refractivity contribution in [2.45, 2.75) is 45.2 Å². The normalized spacial score (nSPS) is 14.4. The SMILES string of the molecule is CC(C)[C@@H](NC(=O)[C@@H](N)CCCCN)C(=O)O. The van der Waals surface area contributed by atoms with Crippen molar-refractivity contribution < 1.29 is 14.7 Å². The van der Waals surface area contributed by atoms with E-state index in [1.165, 1.54) is 0 Å². The molecule has 17 heavy (non-hydrogen) atoms. The average Bonchev–Trinajstić information content (AvgIpc) is 2.24. The first-order valence-electron chi connectivity index (χ1n) is 5.89. The maximum atomic E-state index is 11.6. The molecule has 100 valence electrons. The Balaban J connectivity index is 4.16. The molecule has 2 atom stereocenters. The predicted molar refractivity (Wildman–Crippen MR) is 65.3 cm³/mol. The number of hydrogen-bond donors (Lipinski definition) is 4. The Hall–Kier alpha value is -1.14. The van der Waals surface area contributed by atoms with E-state index in [-0.39, 0.29) is 5.92 Å². The van der Waals surface area contributed by atoms with Gasteiger partial charge in [0.1, 0.15) is 6.04 Å². The molecule has 0 aromatic rings. The van der Waals surface area contributed by atoms with Crippen molar-refractivity contribution >= 4 is 11.9 Å². The van der Waals surface area contributed by atoms with E-state index in [2.05, 4.69) is 5.32 Å². The second-order valence-electron chi connectivity index (χ2n) is 4.46. The van der Waals surface area contributed by atoms with Crippen molar-refractivity contribution in [3.8, 4) is 0 Å². The Kier molecular flexibility index (Phi) is 7.49. The molecule has 0 bridgehead atoms. The topological polar surface area (TPSA) is 118 Å². The number of aliphatic carboxylic acids is 1. The van der Waals surface area contributed by atoms with Gasteiger partial charge in [-0.25, -0.2) is 4.79 Å². The van der Waals surface area contributed by atoms with Gasteiger partial charge in [-0.1, -0.05) is 20.3 Å². The molecule has 0 unspecified atom stereocenters. The van der Waals surface area contributed by atoms with Crippen LogP contribution in [0.15, 0.2) is 0 Å². The Bertz CT molecular complexity index is 256. The largest absolute Gasteiger partial charge is 0.480 e. The summed E-state index contributed by atoms with van der Waals surface area (Å²) in [4.78, 5) is 22.5. The highest BCUT2D eigenvalue weighted by Crippen LogP contribution is 2.04. The number of amides is 1. The van der Waals surface area contributed by atoms with Gasteiger partial charge in [0.05, 0.1) is 6.04 Å². The van der Waals surface area contributed by atoms with E-state index in [0.717, 1.165) is 12.8 Å². The van der Waals surface area contributed by atoms with Crippen molar-refractivity contribution in [3.63, 3.8) is 0 Å². The Morgan fingerprint density at radius 3 is 2.29 bits per heavy atom. The van der Waals surface area contributed by atoms with Gasteiger partial charge in [-0.2, -0.15) is 0 Å². The molecule has 6 heteroatoms. The van der Waals surface area contributed by atoms with Gasteiger partial charge in [0, 0.05) is 0 Å². The van der Waals surface area contributed by atoms with Crippen LogP contribution in [0.4, 0.5) is 0 Å². The van der Waals surface area contributed by atoms with Crippen molar-refractivity contribution in [3.05, 3.63) is 0 Å². The minimum absolute atomic E-state index is 0.173. The van der Waals surface area contributed by atoms with Crippen LogP contribution in [0.2, 0.25) is 0 Å². The van der Waals surface area contributed by atoms with E-state index < -0.39 is 24.0 Å². The highest BCUT2D eigenvalue weighted by molar-refractivity contribution is 5.86. The third kappa shape index (κ3) is 6.23. The molecule has 0 aromatic heterocycles. The fourth-order valence-electron chi connectivity index (χ4n) is 1.41. The lowest BCUT2D eigenvalue weighted by molar-refractivity contribution is -0.143. The van der Waals surface area contributed by atoms with Crippen LogP contribution in [0.3, 0.4) is 0 Å². The molecule has 0 rings (SSSR count). The van der Waals surface area contributed by atoms with E-state index in [9.17, 15) is 9.59 Å². The van der Waals surface area contributed by atoms with E-state index in [1.54, 1.807) is 13.8 Å². The van der Waals surface area contributed by atoms with Gasteiger partial charge in [-0.15, -0.1) is 0 Å². The first kappa shape index (κ1) is 15.9. The minimum atomic E-state index is -1.04. The second-order valence-corrected chi connectivity index (χ2v) is 4.46. The van der Waals surface area contributed by atoms with Crippen LogP contribution in [0.5, 0.6) is 0 Å². The Labute approximate surface area is 102 Å². The predicted octanol–water partition coefficient (Wildman–Crippen LogP) is -0.332.